The molecule has 0 aliphatic heterocycles. The normalized spacial score (nSPS) is 10.7. The molecule has 9 heteroatoms. The molecule has 0 fully saturated rings. The van der Waals surface area contributed by atoms with Crippen molar-refractivity contribution in [1.82, 2.24) is 0 Å². The third kappa shape index (κ3) is 8.00. The van der Waals surface area contributed by atoms with Crippen LogP contribution in [0.15, 0.2) is 108 Å². The maximum Gasteiger partial charge on any atom is 0.471 e. The van der Waals surface area contributed by atoms with Gasteiger partial charge in [0.25, 0.3) is 0 Å². The highest BCUT2D eigenvalue weighted by Gasteiger charge is 2.39. The number of alkyl halides is 4. The van der Waals surface area contributed by atoms with Gasteiger partial charge in [-0.3, -0.25) is 4.79 Å². The molecule has 37 heavy (non-hydrogen) atoms. The summed E-state index contributed by atoms with van der Waals surface area (Å²) in [6.45, 7) is 0. The lowest BCUT2D eigenvalue weighted by molar-refractivity contribution is -0.167. The number of benzene rings is 4. The Morgan fingerprint density at radius 2 is 1.27 bits per heavy atom. The van der Waals surface area contributed by atoms with Gasteiger partial charge in [-0.25, -0.2) is 0 Å². The zero-order valence-electron chi connectivity index (χ0n) is 19.2. The van der Waals surface area contributed by atoms with Crippen LogP contribution in [-0.4, -0.2) is 12.1 Å². The molecule has 0 aliphatic carbocycles. The van der Waals surface area contributed by atoms with E-state index in [2.05, 4.69) is 123 Å². The highest BCUT2D eigenvalue weighted by atomic mass is 79.9. The Morgan fingerprint density at radius 3 is 1.62 bits per heavy atom. The molecule has 0 bridgehead atoms. The Labute approximate surface area is 231 Å². The monoisotopic (exact) mass is 646 g/mol. The summed E-state index contributed by atoms with van der Waals surface area (Å²) in [6.07, 6.45) is -4.96. The molecule has 0 unspecified atom stereocenters. The van der Waals surface area contributed by atoms with Gasteiger partial charge in [-0.1, -0.05) is 107 Å². The number of nitrogens with one attached hydrogen (secondary N) is 1. The van der Waals surface area contributed by atoms with E-state index in [0.29, 0.717) is 5.56 Å². The van der Waals surface area contributed by atoms with E-state index in [1.165, 1.54) is 28.0 Å². The molecule has 0 heterocycles. The summed E-state index contributed by atoms with van der Waals surface area (Å²) in [4.78, 5) is 10.9. The van der Waals surface area contributed by atoms with Crippen LogP contribution >= 0.6 is 39.8 Å². The lowest BCUT2D eigenvalue weighted by atomic mass is 10.1. The third-order valence-electron chi connectivity index (χ3n) is 4.98. The number of anilines is 1. The number of hydrogen-bond donors (Lipinski definition) is 1. The maximum atomic E-state index is 12.2. The second kappa shape index (κ2) is 13.5. The van der Waals surface area contributed by atoms with Crippen molar-refractivity contribution in [3.63, 3.8) is 0 Å². The lowest BCUT2D eigenvalue weighted by Gasteiger charge is -2.18. The molecule has 1 amide bonds. The van der Waals surface area contributed by atoms with Gasteiger partial charge in [0.15, 0.2) is 0 Å². The molecule has 3 nitrogen and oxygen atoms in total. The molecule has 1 N–H and O–H groups in total. The van der Waals surface area contributed by atoms with Gasteiger partial charge >= 0.3 is 12.1 Å². The van der Waals surface area contributed by atoms with Crippen molar-refractivity contribution in [3.8, 4) is 6.07 Å². The number of rotatable bonds is 5. The number of amides is 1. The summed E-state index contributed by atoms with van der Waals surface area (Å²) in [5, 5.41) is 14.9. The highest BCUT2D eigenvalue weighted by Crippen LogP contribution is 2.33. The SMILES string of the molecule is N#Cc1cc(Br)c(NC(=O)C(F)(F)F)c(CBr)c1.c1ccc(P(c2ccccc2)c2ccccc2)cc1. The lowest BCUT2D eigenvalue weighted by Crippen LogP contribution is -2.30. The number of nitrogens with zero attached hydrogens (tertiary/aromatic N) is 1. The zero-order valence-corrected chi connectivity index (χ0v) is 23.3. The van der Waals surface area contributed by atoms with E-state index in [-0.39, 0.29) is 21.1 Å². The Balaban J connectivity index is 0.000000206. The van der Waals surface area contributed by atoms with Gasteiger partial charge in [-0.2, -0.15) is 18.4 Å². The van der Waals surface area contributed by atoms with Crippen LogP contribution < -0.4 is 21.2 Å². The summed E-state index contributed by atoms with van der Waals surface area (Å²) in [5.41, 5.74) is 0.646. The Bertz CT molecular complexity index is 1270. The molecular formula is C28H20Br2F3N2OP. The summed E-state index contributed by atoms with van der Waals surface area (Å²) >= 11 is 6.10. The minimum atomic E-state index is -4.96. The fraction of sp³-hybridized carbons (Fsp3) is 0.0714. The smallest absolute Gasteiger partial charge is 0.317 e. The summed E-state index contributed by atoms with van der Waals surface area (Å²) in [5.74, 6) is -2.06. The predicted molar refractivity (Wildman–Crippen MR) is 151 cm³/mol. The number of carbonyl (C=O) groups is 1. The van der Waals surface area contributed by atoms with E-state index in [0.717, 1.165) is 0 Å². The molecule has 4 aromatic carbocycles. The van der Waals surface area contributed by atoms with E-state index in [1.807, 2.05) is 6.07 Å². The van der Waals surface area contributed by atoms with E-state index >= 15 is 0 Å². The summed E-state index contributed by atoms with van der Waals surface area (Å²) < 4.78 is 36.7. The van der Waals surface area contributed by atoms with Crippen LogP contribution in [0.25, 0.3) is 0 Å². The second-order valence-electron chi connectivity index (χ2n) is 7.53. The minimum Gasteiger partial charge on any atom is -0.317 e. The van der Waals surface area contributed by atoms with Gasteiger partial charge < -0.3 is 5.32 Å². The Kier molecular flexibility index (Phi) is 10.5. The van der Waals surface area contributed by atoms with Crippen molar-refractivity contribution in [2.24, 2.45) is 0 Å². The summed E-state index contributed by atoms with van der Waals surface area (Å²) in [7, 11) is -0.446. The van der Waals surface area contributed by atoms with E-state index in [9.17, 15) is 18.0 Å². The Hall–Kier alpha value is -2.98. The number of carbonyl (C=O) groups excluding carboxylic acids is 1. The highest BCUT2D eigenvalue weighted by molar-refractivity contribution is 9.10. The minimum absolute atomic E-state index is 0.00630. The molecule has 0 atom stereocenters. The first-order valence-electron chi connectivity index (χ1n) is 10.9. The van der Waals surface area contributed by atoms with Gasteiger partial charge in [-0.05, 0) is 57.5 Å². The molecular weight excluding hydrogens is 628 g/mol. The molecule has 0 aromatic heterocycles. The van der Waals surface area contributed by atoms with Crippen molar-refractivity contribution in [3.05, 3.63) is 119 Å². The molecule has 188 valence electrons. The van der Waals surface area contributed by atoms with E-state index in [1.54, 1.807) is 5.32 Å². The van der Waals surface area contributed by atoms with Crippen molar-refractivity contribution >= 4 is 67.3 Å². The first kappa shape index (κ1) is 28.6. The maximum absolute atomic E-state index is 12.2. The third-order valence-corrected chi connectivity index (χ3v) is 8.66. The van der Waals surface area contributed by atoms with Crippen LogP contribution in [0.1, 0.15) is 11.1 Å². The van der Waals surface area contributed by atoms with Crippen LogP contribution in [-0.2, 0) is 10.1 Å². The molecule has 4 aromatic rings. The van der Waals surface area contributed by atoms with Crippen LogP contribution in [0.5, 0.6) is 0 Å². The van der Waals surface area contributed by atoms with Gasteiger partial charge in [0.2, 0.25) is 0 Å². The standard InChI is InChI=1S/C18H15P.C10H5Br2F3N2O/c1-4-10-16(11-5-1)19(17-12-6-2-7-13-17)18-14-8-3-9-15-18;11-3-6-1-5(4-16)2-7(12)8(6)17-9(18)10(13,14)15/h1-15H;1-2H,3H2,(H,17,18). The fourth-order valence-corrected chi connectivity index (χ4v) is 6.68. The van der Waals surface area contributed by atoms with Gasteiger partial charge in [0.05, 0.1) is 17.3 Å². The van der Waals surface area contributed by atoms with Crippen molar-refractivity contribution < 1.29 is 18.0 Å². The largest absolute Gasteiger partial charge is 0.471 e. The average Bonchev–Trinajstić information content (AvgIpc) is 2.91. The van der Waals surface area contributed by atoms with Crippen LogP contribution in [0.3, 0.4) is 0 Å². The van der Waals surface area contributed by atoms with E-state index < -0.39 is 20.0 Å². The molecule has 0 saturated carbocycles. The molecule has 0 aliphatic rings. The molecule has 0 radical (unpaired) electrons. The number of nitriles is 1. The van der Waals surface area contributed by atoms with E-state index in [4.69, 9.17) is 5.26 Å². The van der Waals surface area contributed by atoms with Crippen LogP contribution in [0.4, 0.5) is 18.9 Å². The van der Waals surface area contributed by atoms with Crippen molar-refractivity contribution in [2.75, 3.05) is 5.32 Å². The second-order valence-corrected chi connectivity index (χ2v) is 11.2. The predicted octanol–water partition coefficient (Wildman–Crippen LogP) is 7.16. The first-order chi connectivity index (χ1) is 17.7. The molecule has 0 spiro atoms. The van der Waals surface area contributed by atoms with Crippen LogP contribution in [0.2, 0.25) is 0 Å². The van der Waals surface area contributed by atoms with Gasteiger partial charge in [0.1, 0.15) is 0 Å². The molecule has 4 rings (SSSR count). The van der Waals surface area contributed by atoms with Crippen molar-refractivity contribution in [1.29, 1.82) is 5.26 Å². The zero-order chi connectivity index (χ0) is 26.8. The number of hydrogen-bond acceptors (Lipinski definition) is 2. The molecule has 0 saturated heterocycles. The summed E-state index contributed by atoms with van der Waals surface area (Å²) in [6, 6.07) is 36.9. The Morgan fingerprint density at radius 1 is 0.838 bits per heavy atom. The van der Waals surface area contributed by atoms with Gasteiger partial charge in [0, 0.05) is 9.80 Å². The first-order valence-corrected chi connectivity index (χ1v) is 14.1. The quantitative estimate of drug-likeness (QED) is 0.185. The average molecular weight is 648 g/mol. The number of halogens is 5. The van der Waals surface area contributed by atoms with Gasteiger partial charge in [-0.15, -0.1) is 0 Å². The van der Waals surface area contributed by atoms with Crippen LogP contribution in [0, 0.1) is 11.3 Å². The topological polar surface area (TPSA) is 52.9 Å². The fourth-order valence-electron chi connectivity index (χ4n) is 3.34. The van der Waals surface area contributed by atoms with Crippen molar-refractivity contribution in [2.45, 2.75) is 11.5 Å².